The van der Waals surface area contributed by atoms with Crippen molar-refractivity contribution in [2.24, 2.45) is 0 Å². The van der Waals surface area contributed by atoms with Crippen LogP contribution in [0.5, 0.6) is 0 Å². The molecule has 112 valence electrons. The Hall–Kier alpha value is -2.39. The number of hydrogen-bond acceptors (Lipinski definition) is 2. The number of aromatic nitrogens is 1. The number of para-hydroxylation sites is 1. The molecule has 3 rings (SSSR count). The average Bonchev–Trinajstić information content (AvgIpc) is 2.56. The van der Waals surface area contributed by atoms with Gasteiger partial charge in [-0.25, -0.2) is 0 Å². The molecule has 0 bridgehead atoms. The highest BCUT2D eigenvalue weighted by molar-refractivity contribution is 5.79. The second-order valence-corrected chi connectivity index (χ2v) is 5.37. The Labute approximate surface area is 130 Å². The first-order valence-corrected chi connectivity index (χ1v) is 7.65. The molecule has 1 N–H and O–H groups in total. The summed E-state index contributed by atoms with van der Waals surface area (Å²) in [4.78, 5) is 12.6. The number of benzene rings is 2. The molecular weight excluding hydrogens is 272 g/mol. The van der Waals surface area contributed by atoms with Gasteiger partial charge < -0.3 is 9.88 Å². The van der Waals surface area contributed by atoms with Crippen LogP contribution in [0.1, 0.15) is 18.1 Å². The third-order valence-electron chi connectivity index (χ3n) is 3.88. The van der Waals surface area contributed by atoms with E-state index in [1.165, 1.54) is 5.56 Å². The summed E-state index contributed by atoms with van der Waals surface area (Å²) in [5, 5.41) is 4.47. The van der Waals surface area contributed by atoms with E-state index >= 15 is 0 Å². The Morgan fingerprint density at radius 1 is 0.955 bits per heavy atom. The number of nitrogens with one attached hydrogen (secondary N) is 1. The minimum atomic E-state index is 0.0989. The van der Waals surface area contributed by atoms with E-state index in [2.05, 4.69) is 23.5 Å². The fraction of sp³-hybridized carbons (Fsp3) is 0.211. The second kappa shape index (κ2) is 6.58. The lowest BCUT2D eigenvalue weighted by atomic mass is 10.1. The van der Waals surface area contributed by atoms with E-state index in [1.54, 1.807) is 0 Å². The molecule has 0 spiro atoms. The molecular formula is C19H20N2O. The summed E-state index contributed by atoms with van der Waals surface area (Å²) >= 11 is 0. The van der Waals surface area contributed by atoms with E-state index < -0.39 is 0 Å². The van der Waals surface area contributed by atoms with Gasteiger partial charge in [0.2, 0.25) is 0 Å². The molecule has 0 radical (unpaired) electrons. The third kappa shape index (κ3) is 2.95. The number of pyridine rings is 1. The molecule has 0 saturated carbocycles. The van der Waals surface area contributed by atoms with Crippen molar-refractivity contribution in [1.29, 1.82) is 0 Å². The molecule has 3 aromatic rings. The van der Waals surface area contributed by atoms with Crippen LogP contribution in [0, 0.1) is 0 Å². The van der Waals surface area contributed by atoms with Crippen molar-refractivity contribution in [3.8, 4) is 0 Å². The predicted octanol–water partition coefficient (Wildman–Crippen LogP) is 3.31. The molecule has 0 aliphatic heterocycles. The lowest BCUT2D eigenvalue weighted by Crippen LogP contribution is -2.27. The van der Waals surface area contributed by atoms with Crippen LogP contribution in [0.3, 0.4) is 0 Å². The minimum absolute atomic E-state index is 0.0989. The molecule has 1 heterocycles. The van der Waals surface area contributed by atoms with Crippen molar-refractivity contribution in [3.05, 3.63) is 82.1 Å². The maximum atomic E-state index is 12.6. The lowest BCUT2D eigenvalue weighted by molar-refractivity contribution is 0.671. The number of nitrogens with zero attached hydrogens (tertiary/aromatic N) is 1. The van der Waals surface area contributed by atoms with Crippen LogP contribution in [0.2, 0.25) is 0 Å². The predicted molar refractivity (Wildman–Crippen MR) is 90.9 cm³/mol. The monoisotopic (exact) mass is 292 g/mol. The fourth-order valence-corrected chi connectivity index (χ4v) is 2.77. The van der Waals surface area contributed by atoms with Gasteiger partial charge in [0.05, 0.1) is 5.52 Å². The van der Waals surface area contributed by atoms with Crippen LogP contribution >= 0.6 is 0 Å². The van der Waals surface area contributed by atoms with E-state index in [4.69, 9.17) is 0 Å². The van der Waals surface area contributed by atoms with E-state index in [1.807, 2.05) is 54.0 Å². The van der Waals surface area contributed by atoms with E-state index in [0.717, 1.165) is 23.0 Å². The van der Waals surface area contributed by atoms with Crippen LogP contribution in [-0.4, -0.2) is 4.57 Å². The normalized spacial score (nSPS) is 11.0. The maximum absolute atomic E-state index is 12.6. The Morgan fingerprint density at radius 2 is 1.68 bits per heavy atom. The molecule has 2 aromatic carbocycles. The first-order valence-electron chi connectivity index (χ1n) is 7.65. The Balaban J connectivity index is 1.84. The van der Waals surface area contributed by atoms with Crippen molar-refractivity contribution in [2.45, 2.75) is 26.6 Å². The number of fused-ring (bicyclic) bond motifs is 1. The molecule has 1 aromatic heterocycles. The van der Waals surface area contributed by atoms with Gasteiger partial charge in [0, 0.05) is 25.2 Å². The van der Waals surface area contributed by atoms with Gasteiger partial charge in [0.15, 0.2) is 0 Å². The summed E-state index contributed by atoms with van der Waals surface area (Å²) < 4.78 is 1.84. The summed E-state index contributed by atoms with van der Waals surface area (Å²) in [5.74, 6) is 0. The maximum Gasteiger partial charge on any atom is 0.255 e. The van der Waals surface area contributed by atoms with Crippen molar-refractivity contribution in [2.75, 3.05) is 0 Å². The number of hydrogen-bond donors (Lipinski definition) is 1. The molecule has 0 unspecified atom stereocenters. The highest BCUT2D eigenvalue weighted by atomic mass is 16.1. The zero-order chi connectivity index (χ0) is 15.4. The SMILES string of the molecule is CCn1c(=O)c(CNCc2ccccc2)cc2ccccc21. The van der Waals surface area contributed by atoms with E-state index in [0.29, 0.717) is 13.1 Å². The Kier molecular flexibility index (Phi) is 4.35. The Morgan fingerprint density at radius 3 is 2.45 bits per heavy atom. The van der Waals surface area contributed by atoms with Crippen molar-refractivity contribution < 1.29 is 0 Å². The third-order valence-corrected chi connectivity index (χ3v) is 3.88. The molecule has 0 aliphatic carbocycles. The van der Waals surface area contributed by atoms with Crippen molar-refractivity contribution in [3.63, 3.8) is 0 Å². The van der Waals surface area contributed by atoms with Gasteiger partial charge in [-0.1, -0.05) is 48.5 Å². The smallest absolute Gasteiger partial charge is 0.255 e. The molecule has 22 heavy (non-hydrogen) atoms. The lowest BCUT2D eigenvalue weighted by Gasteiger charge is -2.11. The quantitative estimate of drug-likeness (QED) is 0.783. The summed E-state index contributed by atoms with van der Waals surface area (Å²) in [6, 6.07) is 20.3. The zero-order valence-corrected chi connectivity index (χ0v) is 12.8. The highest BCUT2D eigenvalue weighted by Gasteiger charge is 2.07. The van der Waals surface area contributed by atoms with Crippen molar-refractivity contribution >= 4 is 10.9 Å². The second-order valence-electron chi connectivity index (χ2n) is 5.37. The molecule has 0 fully saturated rings. The first kappa shape index (κ1) is 14.5. The van der Waals surface area contributed by atoms with Gasteiger partial charge >= 0.3 is 0 Å². The summed E-state index contributed by atoms with van der Waals surface area (Å²) in [7, 11) is 0. The fourth-order valence-electron chi connectivity index (χ4n) is 2.77. The van der Waals surface area contributed by atoms with Gasteiger partial charge in [0.1, 0.15) is 0 Å². The number of aryl methyl sites for hydroxylation is 1. The zero-order valence-electron chi connectivity index (χ0n) is 12.8. The Bertz CT molecular complexity index is 822. The number of rotatable bonds is 5. The standard InChI is InChI=1S/C19H20N2O/c1-2-21-18-11-7-6-10-16(18)12-17(19(21)22)14-20-13-15-8-4-3-5-9-15/h3-12,20H,2,13-14H2,1H3. The van der Waals surface area contributed by atoms with Crippen LogP contribution in [0.15, 0.2) is 65.5 Å². The first-order chi connectivity index (χ1) is 10.8. The molecule has 0 saturated heterocycles. The summed E-state index contributed by atoms with van der Waals surface area (Å²) in [6.07, 6.45) is 0. The summed E-state index contributed by atoms with van der Waals surface area (Å²) in [6.45, 7) is 4.04. The summed E-state index contributed by atoms with van der Waals surface area (Å²) in [5.41, 5.74) is 3.14. The van der Waals surface area contributed by atoms with Gasteiger partial charge in [-0.3, -0.25) is 4.79 Å². The van der Waals surface area contributed by atoms with Gasteiger partial charge in [-0.05, 0) is 30.0 Å². The highest BCUT2D eigenvalue weighted by Crippen LogP contribution is 2.13. The average molecular weight is 292 g/mol. The minimum Gasteiger partial charge on any atom is -0.308 e. The van der Waals surface area contributed by atoms with Gasteiger partial charge in [-0.15, -0.1) is 0 Å². The molecule has 0 aliphatic rings. The molecule has 0 amide bonds. The van der Waals surface area contributed by atoms with Crippen LogP contribution in [0.4, 0.5) is 0 Å². The van der Waals surface area contributed by atoms with Gasteiger partial charge in [-0.2, -0.15) is 0 Å². The van der Waals surface area contributed by atoms with Crippen molar-refractivity contribution in [1.82, 2.24) is 9.88 Å². The molecule has 0 atom stereocenters. The van der Waals surface area contributed by atoms with Gasteiger partial charge in [0.25, 0.3) is 5.56 Å². The van der Waals surface area contributed by atoms with E-state index in [-0.39, 0.29) is 5.56 Å². The molecule has 3 nitrogen and oxygen atoms in total. The van der Waals surface area contributed by atoms with Crippen LogP contribution in [-0.2, 0) is 19.6 Å². The largest absolute Gasteiger partial charge is 0.308 e. The van der Waals surface area contributed by atoms with Crippen LogP contribution < -0.4 is 10.9 Å². The van der Waals surface area contributed by atoms with E-state index in [9.17, 15) is 4.79 Å². The van der Waals surface area contributed by atoms with Crippen LogP contribution in [0.25, 0.3) is 10.9 Å². The molecule has 3 heteroatoms. The topological polar surface area (TPSA) is 34.0 Å².